The fourth-order valence-corrected chi connectivity index (χ4v) is 2.54. The molecule has 0 saturated heterocycles. The minimum Gasteiger partial charge on any atom is -0.497 e. The van der Waals surface area contributed by atoms with E-state index in [1.807, 2.05) is 45.0 Å². The van der Waals surface area contributed by atoms with Crippen LogP contribution in [0, 0.1) is 20.8 Å². The van der Waals surface area contributed by atoms with Gasteiger partial charge in [0, 0.05) is 6.07 Å². The summed E-state index contributed by atoms with van der Waals surface area (Å²) in [5.41, 5.74) is 3.32. The van der Waals surface area contributed by atoms with Crippen LogP contribution in [0.1, 0.15) is 23.6 Å². The number of ether oxygens (including phenoxy) is 3. The monoisotopic (exact) mass is 357 g/mol. The number of hydrogen-bond donors (Lipinski definition) is 1. The zero-order valence-electron chi connectivity index (χ0n) is 16.1. The Morgan fingerprint density at radius 3 is 2.58 bits per heavy atom. The minimum atomic E-state index is -0.577. The number of nitrogens with one attached hydrogen (secondary N) is 1. The quantitative estimate of drug-likeness (QED) is 0.734. The summed E-state index contributed by atoms with van der Waals surface area (Å²) in [7, 11) is 1.61. The zero-order chi connectivity index (χ0) is 19.1. The van der Waals surface area contributed by atoms with E-state index >= 15 is 0 Å². The second-order valence-electron chi connectivity index (χ2n) is 6.28. The van der Waals surface area contributed by atoms with Crippen LogP contribution in [0.2, 0.25) is 0 Å². The molecule has 0 aliphatic heterocycles. The third kappa shape index (κ3) is 5.41. The average Bonchev–Trinajstić information content (AvgIpc) is 2.62. The predicted octanol–water partition coefficient (Wildman–Crippen LogP) is 3.58. The number of aryl methyl sites for hydroxylation is 2. The Hall–Kier alpha value is -2.69. The van der Waals surface area contributed by atoms with Crippen molar-refractivity contribution in [2.45, 2.75) is 33.8 Å². The highest BCUT2D eigenvalue weighted by Gasteiger charge is 2.16. The van der Waals surface area contributed by atoms with Gasteiger partial charge >= 0.3 is 0 Å². The Labute approximate surface area is 155 Å². The molecule has 26 heavy (non-hydrogen) atoms. The smallest absolute Gasteiger partial charge is 0.260 e. The maximum absolute atomic E-state index is 12.2. The molecule has 2 aromatic carbocycles. The van der Waals surface area contributed by atoms with Crippen molar-refractivity contribution in [1.29, 1.82) is 0 Å². The normalized spacial score (nSPS) is 11.6. The van der Waals surface area contributed by atoms with Gasteiger partial charge in [0.15, 0.2) is 6.10 Å². The molecule has 5 nitrogen and oxygen atoms in total. The molecule has 0 radical (unpaired) electrons. The highest BCUT2D eigenvalue weighted by molar-refractivity contribution is 5.80. The van der Waals surface area contributed by atoms with Gasteiger partial charge in [0.2, 0.25) is 0 Å². The molecule has 1 amide bonds. The van der Waals surface area contributed by atoms with Gasteiger partial charge in [-0.05, 0) is 62.6 Å². The lowest BCUT2D eigenvalue weighted by Crippen LogP contribution is -2.38. The lowest BCUT2D eigenvalue weighted by Gasteiger charge is -2.18. The second kappa shape index (κ2) is 9.13. The van der Waals surface area contributed by atoms with Gasteiger partial charge in [0.1, 0.15) is 23.9 Å². The van der Waals surface area contributed by atoms with Crippen LogP contribution in [0.3, 0.4) is 0 Å². The fraction of sp³-hybridized carbons (Fsp3) is 0.381. The van der Waals surface area contributed by atoms with E-state index in [9.17, 15) is 4.79 Å². The van der Waals surface area contributed by atoms with Gasteiger partial charge in [0.25, 0.3) is 5.91 Å². The van der Waals surface area contributed by atoms with Crippen molar-refractivity contribution in [3.05, 3.63) is 53.1 Å². The highest BCUT2D eigenvalue weighted by atomic mass is 16.5. The zero-order valence-corrected chi connectivity index (χ0v) is 16.1. The van der Waals surface area contributed by atoms with E-state index in [0.29, 0.717) is 18.9 Å². The van der Waals surface area contributed by atoms with Crippen LogP contribution in [0.25, 0.3) is 0 Å². The van der Waals surface area contributed by atoms with Crippen LogP contribution in [0.15, 0.2) is 36.4 Å². The molecule has 0 heterocycles. The van der Waals surface area contributed by atoms with Gasteiger partial charge in [0.05, 0.1) is 13.7 Å². The largest absolute Gasteiger partial charge is 0.497 e. The molecule has 0 bridgehead atoms. The Morgan fingerprint density at radius 2 is 1.85 bits per heavy atom. The van der Waals surface area contributed by atoms with Crippen molar-refractivity contribution in [3.8, 4) is 17.2 Å². The first-order valence-corrected chi connectivity index (χ1v) is 8.69. The Balaban J connectivity index is 1.80. The molecular weight excluding hydrogens is 330 g/mol. The van der Waals surface area contributed by atoms with Crippen molar-refractivity contribution in [2.75, 3.05) is 20.3 Å². The van der Waals surface area contributed by atoms with Crippen molar-refractivity contribution >= 4 is 5.91 Å². The molecule has 140 valence electrons. The lowest BCUT2D eigenvalue weighted by atomic mass is 10.1. The molecule has 0 aliphatic carbocycles. The summed E-state index contributed by atoms with van der Waals surface area (Å²) in [6.45, 7) is 8.56. The summed E-state index contributed by atoms with van der Waals surface area (Å²) in [5.74, 6) is 2.02. The van der Waals surface area contributed by atoms with Crippen LogP contribution < -0.4 is 19.5 Å². The van der Waals surface area contributed by atoms with Crippen LogP contribution in [0.5, 0.6) is 17.2 Å². The Morgan fingerprint density at radius 1 is 1.12 bits per heavy atom. The first-order valence-electron chi connectivity index (χ1n) is 8.69. The first-order chi connectivity index (χ1) is 12.4. The first kappa shape index (κ1) is 19.6. The fourth-order valence-electron chi connectivity index (χ4n) is 2.54. The van der Waals surface area contributed by atoms with Gasteiger partial charge in [-0.3, -0.25) is 4.79 Å². The number of benzene rings is 2. The summed E-state index contributed by atoms with van der Waals surface area (Å²) in [6, 6.07) is 11.4. The van der Waals surface area contributed by atoms with Gasteiger partial charge < -0.3 is 19.5 Å². The Bertz CT molecular complexity index is 758. The van der Waals surface area contributed by atoms with E-state index in [-0.39, 0.29) is 5.91 Å². The standard InChI is InChI=1S/C21H27NO4/c1-14-11-15(2)16(3)20(12-14)26-17(4)21(23)22-9-10-25-19-8-6-7-18(13-19)24-5/h6-8,11-13,17H,9-10H2,1-5H3,(H,22,23). The SMILES string of the molecule is COc1cccc(OCCNC(=O)C(C)Oc2cc(C)cc(C)c2C)c1. The molecule has 1 atom stereocenters. The van der Waals surface area contributed by atoms with Crippen LogP contribution >= 0.6 is 0 Å². The van der Waals surface area contributed by atoms with E-state index in [4.69, 9.17) is 14.2 Å². The highest BCUT2D eigenvalue weighted by Crippen LogP contribution is 2.24. The number of carbonyl (C=O) groups excluding carboxylic acids is 1. The maximum Gasteiger partial charge on any atom is 0.260 e. The minimum absolute atomic E-state index is 0.169. The molecule has 0 spiro atoms. The molecule has 2 rings (SSSR count). The van der Waals surface area contributed by atoms with Crippen molar-refractivity contribution in [1.82, 2.24) is 5.32 Å². The van der Waals surface area contributed by atoms with Crippen LogP contribution in [-0.4, -0.2) is 32.3 Å². The third-order valence-electron chi connectivity index (χ3n) is 4.15. The molecule has 0 aromatic heterocycles. The van der Waals surface area contributed by atoms with Crippen molar-refractivity contribution in [2.24, 2.45) is 0 Å². The molecule has 0 fully saturated rings. The summed E-state index contributed by atoms with van der Waals surface area (Å²) in [6.07, 6.45) is -0.577. The van der Waals surface area contributed by atoms with Crippen molar-refractivity contribution < 1.29 is 19.0 Å². The van der Waals surface area contributed by atoms with E-state index in [1.54, 1.807) is 20.1 Å². The molecule has 0 aliphatic rings. The average molecular weight is 357 g/mol. The van der Waals surface area contributed by atoms with Crippen LogP contribution in [0.4, 0.5) is 0 Å². The molecule has 5 heteroatoms. The molecule has 0 saturated carbocycles. The van der Waals surface area contributed by atoms with Gasteiger partial charge in [-0.25, -0.2) is 0 Å². The summed E-state index contributed by atoms with van der Waals surface area (Å²) < 4.78 is 16.6. The van der Waals surface area contributed by atoms with E-state index in [1.165, 1.54) is 0 Å². The number of carbonyl (C=O) groups is 1. The van der Waals surface area contributed by atoms with Gasteiger partial charge in [-0.15, -0.1) is 0 Å². The van der Waals surface area contributed by atoms with Gasteiger partial charge in [-0.2, -0.15) is 0 Å². The number of rotatable bonds is 8. The maximum atomic E-state index is 12.2. The van der Waals surface area contributed by atoms with E-state index in [2.05, 4.69) is 11.4 Å². The molecular formula is C21H27NO4. The topological polar surface area (TPSA) is 56.8 Å². The lowest BCUT2D eigenvalue weighted by molar-refractivity contribution is -0.127. The predicted molar refractivity (Wildman–Crippen MR) is 102 cm³/mol. The summed E-state index contributed by atoms with van der Waals surface area (Å²) in [4.78, 5) is 12.2. The molecule has 1 unspecified atom stereocenters. The van der Waals surface area contributed by atoms with Gasteiger partial charge in [-0.1, -0.05) is 12.1 Å². The third-order valence-corrected chi connectivity index (χ3v) is 4.15. The second-order valence-corrected chi connectivity index (χ2v) is 6.28. The molecule has 2 aromatic rings. The van der Waals surface area contributed by atoms with Crippen LogP contribution in [-0.2, 0) is 4.79 Å². The number of amides is 1. The summed E-state index contributed by atoms with van der Waals surface area (Å²) in [5, 5.41) is 2.83. The van der Waals surface area contributed by atoms with E-state index in [0.717, 1.165) is 28.2 Å². The Kier molecular flexibility index (Phi) is 6.89. The van der Waals surface area contributed by atoms with Crippen molar-refractivity contribution in [3.63, 3.8) is 0 Å². The summed E-state index contributed by atoms with van der Waals surface area (Å²) >= 11 is 0. The molecule has 1 N–H and O–H groups in total. The number of hydrogen-bond acceptors (Lipinski definition) is 4. The van der Waals surface area contributed by atoms with E-state index < -0.39 is 6.10 Å². The number of methoxy groups -OCH3 is 1.